The maximum atomic E-state index is 10.9. The van der Waals surface area contributed by atoms with Crippen molar-refractivity contribution in [1.29, 1.82) is 0 Å². The lowest BCUT2D eigenvalue weighted by Crippen LogP contribution is -2.42. The first kappa shape index (κ1) is 23.4. The van der Waals surface area contributed by atoms with E-state index in [9.17, 15) is 4.79 Å². The van der Waals surface area contributed by atoms with E-state index in [1.165, 1.54) is 32.1 Å². The predicted molar refractivity (Wildman–Crippen MR) is 119 cm³/mol. The average molecular weight is 403 g/mol. The minimum atomic E-state index is -0.816. The molecule has 5 nitrogen and oxygen atoms in total. The Balaban J connectivity index is 1.83. The minimum absolute atomic E-state index is 0.00132. The van der Waals surface area contributed by atoms with Crippen molar-refractivity contribution in [3.63, 3.8) is 0 Å². The molecule has 0 radical (unpaired) electrons. The molecule has 1 aliphatic rings. The quantitative estimate of drug-likeness (QED) is 0.437. The van der Waals surface area contributed by atoms with Crippen molar-refractivity contribution in [3.8, 4) is 5.75 Å². The zero-order valence-corrected chi connectivity index (χ0v) is 18.4. The number of aliphatic imine (C=N–C) groups is 1. The summed E-state index contributed by atoms with van der Waals surface area (Å²) in [5.41, 5.74) is 2.18. The molecule has 0 aliphatic heterocycles. The summed E-state index contributed by atoms with van der Waals surface area (Å²) in [6.07, 6.45) is 10.3. The lowest BCUT2D eigenvalue weighted by molar-refractivity contribution is -0.136. The number of nitrogens with zero attached hydrogens (tertiary/aromatic N) is 1. The van der Waals surface area contributed by atoms with Gasteiger partial charge in [-0.15, -0.1) is 0 Å². The van der Waals surface area contributed by atoms with Gasteiger partial charge in [-0.25, -0.2) is 0 Å². The molecule has 1 saturated carbocycles. The number of hydrogen-bond donors (Lipinski definition) is 2. The van der Waals surface area contributed by atoms with Crippen molar-refractivity contribution < 1.29 is 14.6 Å². The maximum Gasteiger partial charge on any atom is 0.317 e. The topological polar surface area (TPSA) is 70.9 Å². The number of rotatable bonds is 12. The third-order valence-electron chi connectivity index (χ3n) is 5.40. The Labute approximate surface area is 176 Å². The van der Waals surface area contributed by atoms with Gasteiger partial charge in [0.05, 0.1) is 18.8 Å². The zero-order valence-electron chi connectivity index (χ0n) is 18.4. The third-order valence-corrected chi connectivity index (χ3v) is 5.40. The van der Waals surface area contributed by atoms with Gasteiger partial charge in [-0.05, 0) is 48.9 Å². The normalized spacial score (nSPS) is 20.0. The van der Waals surface area contributed by atoms with Gasteiger partial charge in [0.2, 0.25) is 0 Å². The van der Waals surface area contributed by atoms with Crippen molar-refractivity contribution in [2.45, 2.75) is 84.6 Å². The molecular weight excluding hydrogens is 364 g/mol. The number of unbranched alkanes of at least 4 members (excludes halogenated alkanes) is 5. The molecule has 1 aromatic carbocycles. The monoisotopic (exact) mass is 402 g/mol. The number of aliphatic carboxylic acids is 1. The van der Waals surface area contributed by atoms with Crippen LogP contribution >= 0.6 is 0 Å². The van der Waals surface area contributed by atoms with Gasteiger partial charge in [-0.1, -0.05) is 52.9 Å². The van der Waals surface area contributed by atoms with E-state index in [1.54, 1.807) is 0 Å². The highest BCUT2D eigenvalue weighted by molar-refractivity contribution is 5.88. The van der Waals surface area contributed by atoms with Crippen molar-refractivity contribution in [3.05, 3.63) is 24.3 Å². The molecule has 5 heteroatoms. The van der Waals surface area contributed by atoms with Crippen LogP contribution in [-0.2, 0) is 4.79 Å². The fourth-order valence-electron chi connectivity index (χ4n) is 4.05. The van der Waals surface area contributed by atoms with Crippen LogP contribution in [0.4, 0.5) is 5.69 Å². The molecule has 1 fully saturated rings. The average Bonchev–Trinajstić information content (AvgIpc) is 2.66. The molecule has 162 valence electrons. The Morgan fingerprint density at radius 2 is 1.86 bits per heavy atom. The summed E-state index contributed by atoms with van der Waals surface area (Å²) in [6.45, 7) is 7.44. The molecule has 2 rings (SSSR count). The largest absolute Gasteiger partial charge is 0.494 e. The highest BCUT2D eigenvalue weighted by Gasteiger charge is 2.31. The first-order chi connectivity index (χ1) is 13.9. The number of ether oxygens (including phenoxy) is 1. The van der Waals surface area contributed by atoms with Gasteiger partial charge < -0.3 is 15.2 Å². The highest BCUT2D eigenvalue weighted by Crippen LogP contribution is 2.35. The number of benzene rings is 1. The predicted octanol–water partition coefficient (Wildman–Crippen LogP) is 5.75. The molecule has 0 saturated heterocycles. The van der Waals surface area contributed by atoms with Gasteiger partial charge in [0.1, 0.15) is 5.75 Å². The number of nitrogens with one attached hydrogen (secondary N) is 1. The molecule has 1 aromatic rings. The third kappa shape index (κ3) is 9.44. The summed E-state index contributed by atoms with van der Waals surface area (Å²) in [5.74, 6) is 0.0795. The Morgan fingerprint density at radius 1 is 1.17 bits per heavy atom. The second-order valence-electron chi connectivity index (χ2n) is 9.01. The lowest BCUT2D eigenvalue weighted by Gasteiger charge is -2.36. The van der Waals surface area contributed by atoms with Crippen LogP contribution in [-0.4, -0.2) is 36.0 Å². The van der Waals surface area contributed by atoms with Crippen LogP contribution in [0.1, 0.15) is 78.6 Å². The van der Waals surface area contributed by atoms with E-state index in [-0.39, 0.29) is 18.0 Å². The Hall–Kier alpha value is -1.88. The molecule has 2 N–H and O–H groups in total. The van der Waals surface area contributed by atoms with Crippen LogP contribution in [0.5, 0.6) is 5.75 Å². The number of carboxylic acids is 1. The second-order valence-corrected chi connectivity index (χ2v) is 9.01. The summed E-state index contributed by atoms with van der Waals surface area (Å²) in [4.78, 5) is 15.7. The van der Waals surface area contributed by atoms with Crippen molar-refractivity contribution >= 4 is 17.4 Å². The molecule has 1 aliphatic carbocycles. The van der Waals surface area contributed by atoms with Gasteiger partial charge in [-0.3, -0.25) is 9.79 Å². The number of hydrogen-bond acceptors (Lipinski definition) is 4. The van der Waals surface area contributed by atoms with Crippen LogP contribution in [0.15, 0.2) is 29.3 Å². The van der Waals surface area contributed by atoms with E-state index < -0.39 is 5.97 Å². The summed E-state index contributed by atoms with van der Waals surface area (Å²) < 4.78 is 5.85. The van der Waals surface area contributed by atoms with E-state index in [0.29, 0.717) is 0 Å². The van der Waals surface area contributed by atoms with Gasteiger partial charge >= 0.3 is 5.97 Å². The zero-order chi connectivity index (χ0) is 21.1. The van der Waals surface area contributed by atoms with Crippen molar-refractivity contribution in [1.82, 2.24) is 5.32 Å². The van der Waals surface area contributed by atoms with Gasteiger partial charge in [0, 0.05) is 18.2 Å². The smallest absolute Gasteiger partial charge is 0.317 e. The number of carbonyl (C=O) groups is 1. The SMILES string of the molecule is CCCCCCCCOc1ccc(N=C2CC(NCC(=O)O)CC(C)(C)C2)cc1. The Kier molecular flexibility index (Phi) is 9.65. The van der Waals surface area contributed by atoms with E-state index >= 15 is 0 Å². The van der Waals surface area contributed by atoms with Crippen LogP contribution in [0, 0.1) is 5.41 Å². The number of carboxylic acid groups (broad SMARTS) is 1. The summed E-state index contributed by atoms with van der Waals surface area (Å²) in [5, 5.41) is 12.1. The Morgan fingerprint density at radius 3 is 2.55 bits per heavy atom. The van der Waals surface area contributed by atoms with Gasteiger partial charge in [-0.2, -0.15) is 0 Å². The van der Waals surface area contributed by atoms with Crippen molar-refractivity contribution in [2.75, 3.05) is 13.2 Å². The van der Waals surface area contributed by atoms with Crippen LogP contribution in [0.3, 0.4) is 0 Å². The molecule has 0 heterocycles. The maximum absolute atomic E-state index is 10.9. The molecule has 0 amide bonds. The van der Waals surface area contributed by atoms with Crippen LogP contribution in [0.25, 0.3) is 0 Å². The molecule has 0 spiro atoms. The standard InChI is InChI=1S/C24H38N2O3/c1-4-5-6-7-8-9-14-29-22-12-10-19(11-13-22)26-21-15-20(25-18-23(27)28)16-24(2,3)17-21/h10-13,20,25H,4-9,14-18H2,1-3H3,(H,27,28). The fraction of sp³-hybridized carbons (Fsp3) is 0.667. The lowest BCUT2D eigenvalue weighted by atomic mass is 9.74. The van der Waals surface area contributed by atoms with Gasteiger partial charge in [0.15, 0.2) is 0 Å². The molecule has 1 atom stereocenters. The fourth-order valence-corrected chi connectivity index (χ4v) is 4.05. The molecule has 0 aromatic heterocycles. The van der Waals surface area contributed by atoms with Crippen LogP contribution in [0.2, 0.25) is 0 Å². The molecule has 1 unspecified atom stereocenters. The summed E-state index contributed by atoms with van der Waals surface area (Å²) in [6, 6.07) is 8.15. The van der Waals surface area contributed by atoms with E-state index in [1.807, 2.05) is 24.3 Å². The minimum Gasteiger partial charge on any atom is -0.494 e. The Bertz CT molecular complexity index is 653. The van der Waals surface area contributed by atoms with E-state index in [2.05, 4.69) is 26.1 Å². The van der Waals surface area contributed by atoms with Gasteiger partial charge in [0.25, 0.3) is 0 Å². The summed E-state index contributed by atoms with van der Waals surface area (Å²) >= 11 is 0. The molecule has 0 bridgehead atoms. The second kappa shape index (κ2) is 12.0. The first-order valence-corrected chi connectivity index (χ1v) is 11.1. The highest BCUT2D eigenvalue weighted by atomic mass is 16.5. The summed E-state index contributed by atoms with van der Waals surface area (Å²) in [7, 11) is 0. The molecule has 29 heavy (non-hydrogen) atoms. The molecular formula is C24H38N2O3. The first-order valence-electron chi connectivity index (χ1n) is 11.1. The van der Waals surface area contributed by atoms with E-state index in [0.717, 1.165) is 49.4 Å². The van der Waals surface area contributed by atoms with Crippen molar-refractivity contribution in [2.24, 2.45) is 10.4 Å². The van der Waals surface area contributed by atoms with E-state index in [4.69, 9.17) is 14.8 Å². The van der Waals surface area contributed by atoms with Crippen LogP contribution < -0.4 is 10.1 Å².